The van der Waals surface area contributed by atoms with Gasteiger partial charge in [-0.25, -0.2) is 4.39 Å². The molecule has 1 saturated heterocycles. The summed E-state index contributed by atoms with van der Waals surface area (Å²) in [6.07, 6.45) is 1.55. The Morgan fingerprint density at radius 3 is 2.56 bits per heavy atom. The molecular weight excluding hydrogens is 361 g/mol. The number of nitrogens with one attached hydrogen (secondary N) is 2. The standard InChI is InChI=1S/C21H24FN3OS/c1-14-7-8-15(2)19(13-14)24-21(27)25-11-9-16(10-12-25)23-20(26)17-5-3-4-6-18(17)22/h3-8,13,16H,9-12H2,1-2H3,(H,23,26)(H,24,27). The lowest BCUT2D eigenvalue weighted by molar-refractivity contribution is 0.0918. The van der Waals surface area contributed by atoms with Gasteiger partial charge in [-0.3, -0.25) is 4.79 Å². The van der Waals surface area contributed by atoms with Crippen LogP contribution < -0.4 is 10.6 Å². The van der Waals surface area contributed by atoms with Gasteiger partial charge in [0.15, 0.2) is 5.11 Å². The van der Waals surface area contributed by atoms with Gasteiger partial charge in [-0.1, -0.05) is 24.3 Å². The van der Waals surface area contributed by atoms with E-state index in [-0.39, 0.29) is 17.5 Å². The molecular formula is C21H24FN3OS. The van der Waals surface area contributed by atoms with E-state index in [1.54, 1.807) is 12.1 Å². The highest BCUT2D eigenvalue weighted by Crippen LogP contribution is 2.19. The monoisotopic (exact) mass is 385 g/mol. The number of benzene rings is 2. The Kier molecular flexibility index (Phi) is 6.06. The zero-order valence-corrected chi connectivity index (χ0v) is 16.4. The third kappa shape index (κ3) is 4.83. The van der Waals surface area contributed by atoms with E-state index in [1.807, 2.05) is 0 Å². The minimum Gasteiger partial charge on any atom is -0.349 e. The minimum absolute atomic E-state index is 0.0249. The second-order valence-corrected chi connectivity index (χ2v) is 7.35. The predicted molar refractivity (Wildman–Crippen MR) is 111 cm³/mol. The van der Waals surface area contributed by atoms with E-state index in [9.17, 15) is 9.18 Å². The predicted octanol–water partition coefficient (Wildman–Crippen LogP) is 4.03. The second-order valence-electron chi connectivity index (χ2n) is 6.96. The molecule has 4 nitrogen and oxygen atoms in total. The fourth-order valence-corrected chi connectivity index (χ4v) is 3.49. The first-order chi connectivity index (χ1) is 12.9. The van der Waals surface area contributed by atoms with Gasteiger partial charge in [0.1, 0.15) is 5.82 Å². The molecule has 0 atom stereocenters. The van der Waals surface area contributed by atoms with Crippen LogP contribution in [0.3, 0.4) is 0 Å². The maximum Gasteiger partial charge on any atom is 0.254 e. The second kappa shape index (κ2) is 8.48. The van der Waals surface area contributed by atoms with Gasteiger partial charge < -0.3 is 15.5 Å². The van der Waals surface area contributed by atoms with Crippen molar-refractivity contribution in [1.29, 1.82) is 0 Å². The number of carbonyl (C=O) groups excluding carboxylic acids is 1. The van der Waals surface area contributed by atoms with E-state index in [2.05, 4.69) is 47.6 Å². The van der Waals surface area contributed by atoms with Gasteiger partial charge in [0.25, 0.3) is 5.91 Å². The van der Waals surface area contributed by atoms with Gasteiger partial charge in [-0.15, -0.1) is 0 Å². The van der Waals surface area contributed by atoms with E-state index < -0.39 is 5.82 Å². The largest absolute Gasteiger partial charge is 0.349 e. The van der Waals surface area contributed by atoms with Crippen LogP contribution in [-0.2, 0) is 0 Å². The normalized spacial score (nSPS) is 14.7. The van der Waals surface area contributed by atoms with Crippen LogP contribution in [0.4, 0.5) is 10.1 Å². The molecule has 0 unspecified atom stereocenters. The van der Waals surface area contributed by atoms with Crippen LogP contribution in [0.1, 0.15) is 34.3 Å². The number of hydrogen-bond acceptors (Lipinski definition) is 2. The fourth-order valence-electron chi connectivity index (χ4n) is 3.20. The first kappa shape index (κ1) is 19.3. The Bertz CT molecular complexity index is 847. The molecule has 1 fully saturated rings. The number of hydrogen-bond donors (Lipinski definition) is 2. The number of thiocarbonyl (C=S) groups is 1. The highest BCUT2D eigenvalue weighted by Gasteiger charge is 2.23. The van der Waals surface area contributed by atoms with E-state index in [0.29, 0.717) is 5.11 Å². The van der Waals surface area contributed by atoms with Crippen molar-refractivity contribution in [2.75, 3.05) is 18.4 Å². The number of halogens is 1. The lowest BCUT2D eigenvalue weighted by Crippen LogP contribution is -2.47. The van der Waals surface area contributed by atoms with Gasteiger partial charge >= 0.3 is 0 Å². The molecule has 27 heavy (non-hydrogen) atoms. The van der Waals surface area contributed by atoms with Crippen molar-refractivity contribution >= 4 is 28.9 Å². The molecule has 2 aromatic rings. The average molecular weight is 386 g/mol. The summed E-state index contributed by atoms with van der Waals surface area (Å²) >= 11 is 5.56. The van der Waals surface area contributed by atoms with E-state index in [1.165, 1.54) is 17.7 Å². The van der Waals surface area contributed by atoms with Crippen LogP contribution in [0, 0.1) is 19.7 Å². The molecule has 0 radical (unpaired) electrons. The van der Waals surface area contributed by atoms with Crippen molar-refractivity contribution in [1.82, 2.24) is 10.2 Å². The number of likely N-dealkylation sites (tertiary alicyclic amines) is 1. The molecule has 0 bridgehead atoms. The van der Waals surface area contributed by atoms with Crippen molar-refractivity contribution in [2.24, 2.45) is 0 Å². The Hall–Kier alpha value is -2.47. The number of aryl methyl sites for hydroxylation is 2. The summed E-state index contributed by atoms with van der Waals surface area (Å²) in [5.74, 6) is -0.853. The van der Waals surface area contributed by atoms with Crippen LogP contribution in [0.2, 0.25) is 0 Å². The summed E-state index contributed by atoms with van der Waals surface area (Å²) < 4.78 is 13.7. The molecule has 1 aliphatic rings. The molecule has 0 spiro atoms. The average Bonchev–Trinajstić information content (AvgIpc) is 2.65. The summed E-state index contributed by atoms with van der Waals surface area (Å²) in [6.45, 7) is 5.60. The molecule has 0 saturated carbocycles. The molecule has 1 aliphatic heterocycles. The van der Waals surface area contributed by atoms with Crippen LogP contribution in [0.25, 0.3) is 0 Å². The lowest BCUT2D eigenvalue weighted by atomic mass is 10.0. The molecule has 2 aromatic carbocycles. The Morgan fingerprint density at radius 1 is 1.15 bits per heavy atom. The summed E-state index contributed by atoms with van der Waals surface area (Å²) in [5.41, 5.74) is 3.44. The molecule has 1 amide bonds. The molecule has 2 N–H and O–H groups in total. The zero-order valence-electron chi connectivity index (χ0n) is 15.6. The number of anilines is 1. The number of carbonyl (C=O) groups is 1. The summed E-state index contributed by atoms with van der Waals surface area (Å²) in [4.78, 5) is 14.4. The van der Waals surface area contributed by atoms with Crippen molar-refractivity contribution in [3.8, 4) is 0 Å². The van der Waals surface area contributed by atoms with Gasteiger partial charge in [0, 0.05) is 24.8 Å². The molecule has 142 valence electrons. The first-order valence-electron chi connectivity index (χ1n) is 9.12. The quantitative estimate of drug-likeness (QED) is 0.783. The van der Waals surface area contributed by atoms with Gasteiger partial charge in [0.2, 0.25) is 0 Å². The highest BCUT2D eigenvalue weighted by molar-refractivity contribution is 7.80. The van der Waals surface area contributed by atoms with Crippen molar-refractivity contribution in [2.45, 2.75) is 32.7 Å². The molecule has 1 heterocycles. The van der Waals surface area contributed by atoms with Crippen LogP contribution in [0.15, 0.2) is 42.5 Å². The zero-order chi connectivity index (χ0) is 19.4. The summed E-state index contributed by atoms with van der Waals surface area (Å²) in [6, 6.07) is 12.3. The van der Waals surface area contributed by atoms with E-state index in [0.717, 1.165) is 37.2 Å². The van der Waals surface area contributed by atoms with Gasteiger partial charge in [0.05, 0.1) is 5.56 Å². The molecule has 3 rings (SSSR count). The lowest BCUT2D eigenvalue weighted by Gasteiger charge is -2.34. The fraction of sp³-hybridized carbons (Fsp3) is 0.333. The van der Waals surface area contributed by atoms with Crippen LogP contribution in [0.5, 0.6) is 0 Å². The number of nitrogens with zero attached hydrogens (tertiary/aromatic N) is 1. The molecule has 0 aliphatic carbocycles. The maximum absolute atomic E-state index is 13.7. The topological polar surface area (TPSA) is 44.4 Å². The molecule has 6 heteroatoms. The number of rotatable bonds is 3. The molecule has 0 aromatic heterocycles. The van der Waals surface area contributed by atoms with E-state index in [4.69, 9.17) is 12.2 Å². The smallest absolute Gasteiger partial charge is 0.254 e. The number of amides is 1. The Balaban J connectivity index is 1.52. The first-order valence-corrected chi connectivity index (χ1v) is 9.53. The minimum atomic E-state index is -0.494. The number of piperidine rings is 1. The summed E-state index contributed by atoms with van der Waals surface area (Å²) in [5, 5.41) is 6.96. The van der Waals surface area contributed by atoms with Crippen LogP contribution in [-0.4, -0.2) is 35.1 Å². The SMILES string of the molecule is Cc1ccc(C)c(NC(=S)N2CCC(NC(=O)c3ccccc3F)CC2)c1. The van der Waals surface area contributed by atoms with Gasteiger partial charge in [-0.2, -0.15) is 0 Å². The van der Waals surface area contributed by atoms with E-state index >= 15 is 0 Å². The van der Waals surface area contributed by atoms with Gasteiger partial charge in [-0.05, 0) is 68.2 Å². The van der Waals surface area contributed by atoms with Crippen molar-refractivity contribution in [3.63, 3.8) is 0 Å². The summed E-state index contributed by atoms with van der Waals surface area (Å²) in [7, 11) is 0. The highest BCUT2D eigenvalue weighted by atomic mass is 32.1. The van der Waals surface area contributed by atoms with Crippen LogP contribution >= 0.6 is 12.2 Å². The maximum atomic E-state index is 13.7. The third-order valence-electron chi connectivity index (χ3n) is 4.87. The Morgan fingerprint density at radius 2 is 1.85 bits per heavy atom. The Labute approximate surface area is 164 Å². The third-order valence-corrected chi connectivity index (χ3v) is 5.23. The van der Waals surface area contributed by atoms with Crippen molar-refractivity contribution < 1.29 is 9.18 Å². The van der Waals surface area contributed by atoms with Crippen molar-refractivity contribution in [3.05, 3.63) is 65.0 Å².